The van der Waals surface area contributed by atoms with E-state index < -0.39 is 5.38 Å². The fraction of sp³-hybridized carbons (Fsp3) is 0.300. The minimum Gasteiger partial charge on any atom is -0.399 e. The van der Waals surface area contributed by atoms with Crippen LogP contribution < -0.4 is 5.73 Å². The average molecular weight is 198 g/mol. The van der Waals surface area contributed by atoms with Crippen LogP contribution in [0.5, 0.6) is 0 Å². The summed E-state index contributed by atoms with van der Waals surface area (Å²) < 4.78 is 0. The molecule has 1 atom stereocenters. The van der Waals surface area contributed by atoms with Gasteiger partial charge in [-0.3, -0.25) is 4.79 Å². The highest BCUT2D eigenvalue weighted by Crippen LogP contribution is 2.24. The number of nitrogens with two attached hydrogens (primary N) is 1. The Morgan fingerprint density at radius 3 is 2.54 bits per heavy atom. The lowest BCUT2D eigenvalue weighted by atomic mass is 10.1. The number of carbonyl (C=O) groups is 1. The monoisotopic (exact) mass is 197 g/mol. The summed E-state index contributed by atoms with van der Waals surface area (Å²) in [7, 11) is 0. The summed E-state index contributed by atoms with van der Waals surface area (Å²) in [5, 5.41) is -0.581. The second-order valence-corrected chi connectivity index (χ2v) is 3.59. The molecule has 2 nitrogen and oxygen atoms in total. The van der Waals surface area contributed by atoms with E-state index in [0.29, 0.717) is 5.69 Å². The lowest BCUT2D eigenvalue weighted by Crippen LogP contribution is -2.02. The number of Topliss-reactive ketones (excluding diaryl/α,β-unsaturated/α-hetero) is 1. The zero-order valence-electron chi connectivity index (χ0n) is 7.67. The fourth-order valence-electron chi connectivity index (χ4n) is 1.22. The van der Waals surface area contributed by atoms with Crippen molar-refractivity contribution in [3.63, 3.8) is 0 Å². The molecule has 3 heteroatoms. The van der Waals surface area contributed by atoms with Crippen molar-refractivity contribution in [2.45, 2.75) is 19.2 Å². The molecule has 1 aromatic carbocycles. The van der Waals surface area contributed by atoms with Crippen molar-refractivity contribution in [3.8, 4) is 0 Å². The van der Waals surface area contributed by atoms with Crippen molar-refractivity contribution in [2.24, 2.45) is 0 Å². The lowest BCUT2D eigenvalue weighted by Gasteiger charge is -2.07. The van der Waals surface area contributed by atoms with Crippen LogP contribution in [0, 0.1) is 6.92 Å². The third-order valence-corrected chi connectivity index (χ3v) is 2.33. The highest BCUT2D eigenvalue weighted by molar-refractivity contribution is 6.30. The van der Waals surface area contributed by atoms with Crippen molar-refractivity contribution in [1.29, 1.82) is 0 Å². The topological polar surface area (TPSA) is 43.1 Å². The molecule has 0 fully saturated rings. The van der Waals surface area contributed by atoms with Crippen molar-refractivity contribution in [3.05, 3.63) is 29.3 Å². The van der Waals surface area contributed by atoms with E-state index >= 15 is 0 Å². The van der Waals surface area contributed by atoms with E-state index in [2.05, 4.69) is 0 Å². The highest BCUT2D eigenvalue weighted by atomic mass is 35.5. The van der Waals surface area contributed by atoms with Crippen LogP contribution in [0.2, 0.25) is 0 Å². The average Bonchev–Trinajstić information content (AvgIpc) is 2.01. The van der Waals surface area contributed by atoms with Crippen LogP contribution in [0.1, 0.15) is 23.4 Å². The van der Waals surface area contributed by atoms with E-state index in [1.165, 1.54) is 6.92 Å². The Hall–Kier alpha value is -1.02. The number of hydrogen-bond donors (Lipinski definition) is 1. The molecule has 70 valence electrons. The summed E-state index contributed by atoms with van der Waals surface area (Å²) in [6.07, 6.45) is 0. The summed E-state index contributed by atoms with van der Waals surface area (Å²) in [6, 6.07) is 5.44. The molecule has 1 unspecified atom stereocenters. The molecule has 0 aromatic heterocycles. The number of hydrogen-bond acceptors (Lipinski definition) is 2. The van der Waals surface area contributed by atoms with Crippen LogP contribution in [-0.4, -0.2) is 5.78 Å². The summed E-state index contributed by atoms with van der Waals surface area (Å²) in [6.45, 7) is 3.39. The molecule has 0 aliphatic rings. The molecule has 0 aliphatic carbocycles. The predicted molar refractivity (Wildman–Crippen MR) is 54.9 cm³/mol. The van der Waals surface area contributed by atoms with Crippen LogP contribution in [-0.2, 0) is 4.79 Å². The number of nitrogen functional groups attached to an aromatic ring is 1. The molecular weight excluding hydrogens is 186 g/mol. The Balaban J connectivity index is 3.07. The normalized spacial score (nSPS) is 12.5. The van der Waals surface area contributed by atoms with E-state index in [4.69, 9.17) is 17.3 Å². The first-order valence-electron chi connectivity index (χ1n) is 4.02. The SMILES string of the molecule is CC(=O)C(Cl)c1cc(C)cc(N)c1. The maximum atomic E-state index is 11.0. The largest absolute Gasteiger partial charge is 0.399 e. The molecule has 0 spiro atoms. The molecular formula is C10H12ClNO. The van der Waals surface area contributed by atoms with Gasteiger partial charge < -0.3 is 5.73 Å². The summed E-state index contributed by atoms with van der Waals surface area (Å²) >= 11 is 5.88. The summed E-state index contributed by atoms with van der Waals surface area (Å²) in [4.78, 5) is 11.0. The first kappa shape index (κ1) is 10.1. The molecule has 0 bridgehead atoms. The number of benzene rings is 1. The Bertz CT molecular complexity index is 315. The third kappa shape index (κ3) is 2.46. The van der Waals surface area contributed by atoms with Crippen molar-refractivity contribution >= 4 is 23.1 Å². The Morgan fingerprint density at radius 1 is 1.46 bits per heavy atom. The molecule has 13 heavy (non-hydrogen) atoms. The Morgan fingerprint density at radius 2 is 2.08 bits per heavy atom. The summed E-state index contributed by atoms with van der Waals surface area (Å²) in [5.41, 5.74) is 8.05. The van der Waals surface area contributed by atoms with Gasteiger partial charge in [0.2, 0.25) is 0 Å². The molecule has 1 rings (SSSR count). The van der Waals surface area contributed by atoms with Gasteiger partial charge in [0.15, 0.2) is 5.78 Å². The molecule has 0 aliphatic heterocycles. The molecule has 0 radical (unpaired) electrons. The molecule has 0 saturated carbocycles. The second-order valence-electron chi connectivity index (χ2n) is 3.15. The van der Waals surface area contributed by atoms with Crippen LogP contribution in [0.3, 0.4) is 0 Å². The number of halogens is 1. The van der Waals surface area contributed by atoms with E-state index in [1.54, 1.807) is 6.07 Å². The van der Waals surface area contributed by atoms with Crippen LogP contribution in [0.25, 0.3) is 0 Å². The van der Waals surface area contributed by atoms with E-state index in [0.717, 1.165) is 11.1 Å². The number of alkyl halides is 1. The maximum absolute atomic E-state index is 11.0. The zero-order chi connectivity index (χ0) is 10.0. The summed E-state index contributed by atoms with van der Waals surface area (Å²) in [5.74, 6) is -0.0633. The van der Waals surface area contributed by atoms with Gasteiger partial charge in [0.1, 0.15) is 5.38 Å². The zero-order valence-corrected chi connectivity index (χ0v) is 8.43. The minimum atomic E-state index is -0.581. The van der Waals surface area contributed by atoms with Gasteiger partial charge in [-0.05, 0) is 37.1 Å². The minimum absolute atomic E-state index is 0.0633. The third-order valence-electron chi connectivity index (χ3n) is 1.77. The molecule has 0 saturated heterocycles. The number of carbonyl (C=O) groups excluding carboxylic acids is 1. The first-order chi connectivity index (χ1) is 6.00. The van der Waals surface area contributed by atoms with Gasteiger partial charge in [0.25, 0.3) is 0 Å². The number of aryl methyl sites for hydroxylation is 1. The van der Waals surface area contributed by atoms with Crippen LogP contribution in [0.4, 0.5) is 5.69 Å². The van der Waals surface area contributed by atoms with Crippen molar-refractivity contribution < 1.29 is 4.79 Å². The highest BCUT2D eigenvalue weighted by Gasteiger charge is 2.13. The van der Waals surface area contributed by atoms with Crippen LogP contribution >= 0.6 is 11.6 Å². The predicted octanol–water partition coefficient (Wildman–Crippen LogP) is 2.45. The molecule has 0 heterocycles. The number of anilines is 1. The van der Waals surface area contributed by atoms with Gasteiger partial charge in [0, 0.05) is 5.69 Å². The lowest BCUT2D eigenvalue weighted by molar-refractivity contribution is -0.116. The molecule has 1 aromatic rings. The quantitative estimate of drug-likeness (QED) is 0.585. The van der Waals surface area contributed by atoms with Gasteiger partial charge in [-0.15, -0.1) is 11.6 Å². The smallest absolute Gasteiger partial charge is 0.152 e. The van der Waals surface area contributed by atoms with E-state index in [1.807, 2.05) is 19.1 Å². The van der Waals surface area contributed by atoms with Gasteiger partial charge in [-0.1, -0.05) is 6.07 Å². The van der Waals surface area contributed by atoms with E-state index in [-0.39, 0.29) is 5.78 Å². The second kappa shape index (κ2) is 3.79. The molecule has 0 amide bonds. The maximum Gasteiger partial charge on any atom is 0.152 e. The van der Waals surface area contributed by atoms with Crippen molar-refractivity contribution in [1.82, 2.24) is 0 Å². The molecule has 2 N–H and O–H groups in total. The van der Waals surface area contributed by atoms with Gasteiger partial charge >= 0.3 is 0 Å². The van der Waals surface area contributed by atoms with Crippen molar-refractivity contribution in [2.75, 3.05) is 5.73 Å². The van der Waals surface area contributed by atoms with Gasteiger partial charge in [-0.25, -0.2) is 0 Å². The van der Waals surface area contributed by atoms with Gasteiger partial charge in [-0.2, -0.15) is 0 Å². The fourth-order valence-corrected chi connectivity index (χ4v) is 1.35. The number of ketones is 1. The Kier molecular flexibility index (Phi) is 2.94. The van der Waals surface area contributed by atoms with E-state index in [9.17, 15) is 4.79 Å². The number of rotatable bonds is 2. The van der Waals surface area contributed by atoms with Crippen LogP contribution in [0.15, 0.2) is 18.2 Å². The first-order valence-corrected chi connectivity index (χ1v) is 4.46. The standard InChI is InChI=1S/C10H12ClNO/c1-6-3-8(5-9(12)4-6)10(11)7(2)13/h3-5,10H,12H2,1-2H3. The Labute approximate surface area is 82.7 Å². The van der Waals surface area contributed by atoms with Gasteiger partial charge in [0.05, 0.1) is 0 Å².